The van der Waals surface area contributed by atoms with Crippen molar-refractivity contribution in [1.82, 2.24) is 20.4 Å². The van der Waals surface area contributed by atoms with E-state index >= 15 is 0 Å². The van der Waals surface area contributed by atoms with Crippen LogP contribution in [0, 0.1) is 0 Å². The molecule has 3 N–H and O–H groups in total. The zero-order chi connectivity index (χ0) is 33.9. The van der Waals surface area contributed by atoms with E-state index in [4.69, 9.17) is 51.2 Å². The van der Waals surface area contributed by atoms with E-state index in [2.05, 4.69) is 21.0 Å². The molecule has 0 atom stereocenters. The van der Waals surface area contributed by atoms with Crippen LogP contribution in [0.5, 0.6) is 0 Å². The molecule has 0 saturated carbocycles. The van der Waals surface area contributed by atoms with Crippen LogP contribution in [0.1, 0.15) is 61.4 Å². The Morgan fingerprint density at radius 1 is 0.957 bits per heavy atom. The molecule has 1 aliphatic heterocycles. The van der Waals surface area contributed by atoms with Gasteiger partial charge in [0.2, 0.25) is 13.6 Å². The maximum atomic E-state index is 13.7. The van der Waals surface area contributed by atoms with E-state index < -0.39 is 63.8 Å². The van der Waals surface area contributed by atoms with Crippen molar-refractivity contribution >= 4 is 60.6 Å². The third-order valence-electron chi connectivity index (χ3n) is 5.92. The first-order chi connectivity index (χ1) is 21.8. The van der Waals surface area contributed by atoms with Crippen molar-refractivity contribution in [3.63, 3.8) is 0 Å². The SMILES string of the molecule is CC(C)OC(=O)OCOP(=O)(Cn1cc(NC(=O)c2c(Cl)cccc2Cl)c(C(=O)NC2CCNCC2)n1)OCOC(=O)OC(C)C. The molecule has 1 aliphatic rings. The van der Waals surface area contributed by atoms with Crippen LogP contribution >= 0.6 is 30.8 Å². The monoisotopic (exact) mass is 707 g/mol. The standard InChI is InChI=1S/C27H36Cl2N5O11P/c1-16(2)44-26(37)40-14-42-46(39,43-15-41-27(38)45-17(3)4)13-34-12-21(32-24(35)22-19(28)6-5-7-20(22)29)23(33-34)25(36)31-18-8-10-30-11-9-18/h5-7,12,16-18,30H,8-11,13-15H2,1-4H3,(H,31,36)(H,32,35). The van der Waals surface area contributed by atoms with Gasteiger partial charge in [-0.15, -0.1) is 0 Å². The van der Waals surface area contributed by atoms with Crippen molar-refractivity contribution < 1.29 is 51.7 Å². The molecule has 1 fully saturated rings. The molecular weight excluding hydrogens is 672 g/mol. The largest absolute Gasteiger partial charge is 0.510 e. The zero-order valence-electron chi connectivity index (χ0n) is 25.6. The average molecular weight is 708 g/mol. The van der Waals surface area contributed by atoms with Gasteiger partial charge in [0.25, 0.3) is 11.8 Å². The third kappa shape index (κ3) is 11.8. The maximum Gasteiger partial charge on any atom is 0.510 e. The van der Waals surface area contributed by atoms with Gasteiger partial charge in [-0.2, -0.15) is 5.10 Å². The van der Waals surface area contributed by atoms with Gasteiger partial charge in [-0.1, -0.05) is 29.3 Å². The number of amides is 2. The Labute approximate surface area is 275 Å². The molecule has 2 amide bonds. The van der Waals surface area contributed by atoms with Gasteiger partial charge in [0.05, 0.1) is 39.7 Å². The summed E-state index contributed by atoms with van der Waals surface area (Å²) < 4.78 is 44.5. The van der Waals surface area contributed by atoms with Crippen molar-refractivity contribution in [2.24, 2.45) is 0 Å². The fraction of sp³-hybridized carbons (Fsp3) is 0.519. The van der Waals surface area contributed by atoms with E-state index in [1.165, 1.54) is 18.3 Å². The molecule has 254 valence electrons. The van der Waals surface area contributed by atoms with Crippen molar-refractivity contribution in [3.05, 3.63) is 45.7 Å². The van der Waals surface area contributed by atoms with E-state index in [1.54, 1.807) is 33.8 Å². The average Bonchev–Trinajstić information content (AvgIpc) is 3.34. The van der Waals surface area contributed by atoms with E-state index in [0.29, 0.717) is 25.9 Å². The van der Waals surface area contributed by atoms with E-state index in [-0.39, 0.29) is 33.0 Å². The number of hydrogen-bond donors (Lipinski definition) is 3. The van der Waals surface area contributed by atoms with Gasteiger partial charge in [0.1, 0.15) is 6.29 Å². The van der Waals surface area contributed by atoms with Crippen molar-refractivity contribution in [3.8, 4) is 0 Å². The summed E-state index contributed by atoms with van der Waals surface area (Å²) in [5.74, 6) is -1.36. The van der Waals surface area contributed by atoms with Gasteiger partial charge in [-0.05, 0) is 65.8 Å². The molecule has 1 saturated heterocycles. The minimum Gasteiger partial charge on any atom is -0.432 e. The number of benzene rings is 1. The fourth-order valence-corrected chi connectivity index (χ4v) is 5.66. The molecule has 19 heteroatoms. The zero-order valence-corrected chi connectivity index (χ0v) is 28.0. The molecule has 2 aromatic rings. The smallest absolute Gasteiger partial charge is 0.432 e. The lowest BCUT2D eigenvalue weighted by atomic mass is 10.1. The highest BCUT2D eigenvalue weighted by atomic mass is 35.5. The van der Waals surface area contributed by atoms with Crippen molar-refractivity contribution in [2.45, 2.75) is 65.1 Å². The van der Waals surface area contributed by atoms with Crippen LogP contribution in [0.25, 0.3) is 0 Å². The number of hydrogen-bond acceptors (Lipinski definition) is 13. The molecule has 0 radical (unpaired) electrons. The third-order valence-corrected chi connectivity index (χ3v) is 8.19. The maximum absolute atomic E-state index is 13.7. The number of carbonyl (C=O) groups excluding carboxylic acids is 4. The lowest BCUT2D eigenvalue weighted by Gasteiger charge is -2.23. The molecule has 0 unspecified atom stereocenters. The Balaban J connectivity index is 1.87. The molecule has 0 bridgehead atoms. The van der Waals surface area contributed by atoms with Crippen LogP contribution in [0.4, 0.5) is 15.3 Å². The van der Waals surface area contributed by atoms with Gasteiger partial charge in [0, 0.05) is 6.04 Å². The molecular formula is C27H36Cl2N5O11P. The van der Waals surface area contributed by atoms with Gasteiger partial charge < -0.3 is 34.9 Å². The minimum absolute atomic E-state index is 0.0449. The second-order valence-corrected chi connectivity index (χ2v) is 13.2. The second kappa shape index (κ2) is 17.5. The van der Waals surface area contributed by atoms with Crippen LogP contribution < -0.4 is 16.0 Å². The van der Waals surface area contributed by atoms with Gasteiger partial charge in [-0.3, -0.25) is 27.9 Å². The van der Waals surface area contributed by atoms with Gasteiger partial charge >= 0.3 is 19.9 Å². The predicted octanol–water partition coefficient (Wildman–Crippen LogP) is 5.15. The number of piperidine rings is 1. The topological polar surface area (TPSA) is 195 Å². The minimum atomic E-state index is -4.36. The number of anilines is 1. The highest BCUT2D eigenvalue weighted by molar-refractivity contribution is 7.52. The summed E-state index contributed by atoms with van der Waals surface area (Å²) in [4.78, 5) is 50.1. The number of nitrogens with one attached hydrogen (secondary N) is 3. The number of nitrogens with zero attached hydrogens (tertiary/aromatic N) is 2. The van der Waals surface area contributed by atoms with E-state index in [9.17, 15) is 23.7 Å². The number of carbonyl (C=O) groups is 4. The summed E-state index contributed by atoms with van der Waals surface area (Å²) in [5, 5.41) is 13.0. The number of rotatable bonds is 14. The highest BCUT2D eigenvalue weighted by Gasteiger charge is 2.31. The molecule has 16 nitrogen and oxygen atoms in total. The van der Waals surface area contributed by atoms with Crippen LogP contribution in [-0.4, -0.2) is 78.8 Å². The lowest BCUT2D eigenvalue weighted by Crippen LogP contribution is -2.43. The van der Waals surface area contributed by atoms with Crippen molar-refractivity contribution in [1.29, 1.82) is 0 Å². The Kier molecular flexibility index (Phi) is 14.1. The van der Waals surface area contributed by atoms with Crippen LogP contribution in [0.3, 0.4) is 0 Å². The van der Waals surface area contributed by atoms with E-state index in [1.807, 2.05) is 0 Å². The highest BCUT2D eigenvalue weighted by Crippen LogP contribution is 2.50. The summed E-state index contributed by atoms with van der Waals surface area (Å²) in [5.41, 5.74) is -0.348. The van der Waals surface area contributed by atoms with E-state index in [0.717, 1.165) is 4.68 Å². The quantitative estimate of drug-likeness (QED) is 0.133. The molecule has 0 spiro atoms. The Morgan fingerprint density at radius 3 is 2.02 bits per heavy atom. The summed E-state index contributed by atoms with van der Waals surface area (Å²) >= 11 is 12.4. The summed E-state index contributed by atoms with van der Waals surface area (Å²) in [7, 11) is -4.36. The predicted molar refractivity (Wildman–Crippen MR) is 165 cm³/mol. The summed E-state index contributed by atoms with van der Waals surface area (Å²) in [6, 6.07) is 4.34. The Bertz CT molecular complexity index is 1380. The first-order valence-electron chi connectivity index (χ1n) is 14.2. The molecule has 0 aliphatic carbocycles. The molecule has 3 rings (SSSR count). The summed E-state index contributed by atoms with van der Waals surface area (Å²) in [6.45, 7) is 6.02. The molecule has 1 aromatic heterocycles. The Hall–Kier alpha value is -3.40. The summed E-state index contributed by atoms with van der Waals surface area (Å²) in [6.07, 6.45) is -1.34. The first kappa shape index (κ1) is 37.1. The molecule has 46 heavy (non-hydrogen) atoms. The lowest BCUT2D eigenvalue weighted by molar-refractivity contribution is -0.0312. The molecule has 1 aromatic carbocycles. The normalized spacial score (nSPS) is 13.7. The van der Waals surface area contributed by atoms with Crippen LogP contribution in [0.15, 0.2) is 24.4 Å². The first-order valence-corrected chi connectivity index (χ1v) is 16.6. The van der Waals surface area contributed by atoms with Gasteiger partial charge in [0.15, 0.2) is 5.69 Å². The number of ether oxygens (including phenoxy) is 4. The van der Waals surface area contributed by atoms with Crippen molar-refractivity contribution in [2.75, 3.05) is 32.0 Å². The fourth-order valence-electron chi connectivity index (χ4n) is 3.93. The second-order valence-electron chi connectivity index (χ2n) is 10.3. The van der Waals surface area contributed by atoms with Gasteiger partial charge in [-0.25, -0.2) is 9.59 Å². The van der Waals surface area contributed by atoms with Crippen LogP contribution in [0.2, 0.25) is 10.0 Å². The Morgan fingerprint density at radius 2 is 1.50 bits per heavy atom. The number of aromatic nitrogens is 2. The van der Waals surface area contributed by atoms with Crippen LogP contribution in [-0.2, 0) is 38.8 Å². The number of halogens is 2. The molecule has 2 heterocycles.